The van der Waals surface area contributed by atoms with Crippen LogP contribution in [0.25, 0.3) is 0 Å². The molecule has 0 saturated carbocycles. The minimum absolute atomic E-state index is 0.0471. The van der Waals surface area contributed by atoms with Crippen molar-refractivity contribution in [1.29, 1.82) is 0 Å². The van der Waals surface area contributed by atoms with Gasteiger partial charge in [-0.3, -0.25) is 4.79 Å². The topological polar surface area (TPSA) is 41.6 Å². The van der Waals surface area contributed by atoms with Crippen molar-refractivity contribution < 1.29 is 9.53 Å². The molecule has 19 heavy (non-hydrogen) atoms. The summed E-state index contributed by atoms with van der Waals surface area (Å²) in [6, 6.07) is 8.30. The number of carbonyl (C=O) groups is 1. The highest BCUT2D eigenvalue weighted by molar-refractivity contribution is 5.78. The lowest BCUT2D eigenvalue weighted by Crippen LogP contribution is -2.39. The van der Waals surface area contributed by atoms with Crippen molar-refractivity contribution in [3.8, 4) is 5.75 Å². The fourth-order valence-corrected chi connectivity index (χ4v) is 2.29. The molecule has 1 aromatic carbocycles. The Morgan fingerprint density at radius 3 is 2.95 bits per heavy atom. The SMILES string of the molecule is COc1cccc(N2CC[C@H](NC(=O)C(C)C)C2)c1. The molecule has 0 radical (unpaired) electrons. The first-order valence-electron chi connectivity index (χ1n) is 6.79. The lowest BCUT2D eigenvalue weighted by atomic mass is 10.2. The van der Waals surface area contributed by atoms with Gasteiger partial charge >= 0.3 is 0 Å². The predicted octanol–water partition coefficient (Wildman–Crippen LogP) is 2.05. The van der Waals surface area contributed by atoms with Crippen molar-refractivity contribution in [3.05, 3.63) is 24.3 Å². The Morgan fingerprint density at radius 1 is 1.47 bits per heavy atom. The van der Waals surface area contributed by atoms with E-state index in [1.807, 2.05) is 32.0 Å². The fraction of sp³-hybridized carbons (Fsp3) is 0.533. The van der Waals surface area contributed by atoms with Crippen molar-refractivity contribution in [2.24, 2.45) is 5.92 Å². The molecule has 104 valence electrons. The first-order valence-corrected chi connectivity index (χ1v) is 6.79. The van der Waals surface area contributed by atoms with Gasteiger partial charge in [-0.25, -0.2) is 0 Å². The molecule has 1 heterocycles. The summed E-state index contributed by atoms with van der Waals surface area (Å²) in [5.41, 5.74) is 1.15. The largest absolute Gasteiger partial charge is 0.497 e. The Bertz CT molecular complexity index is 446. The van der Waals surface area contributed by atoms with Gasteiger partial charge in [0.05, 0.1) is 7.11 Å². The van der Waals surface area contributed by atoms with E-state index >= 15 is 0 Å². The molecule has 4 heteroatoms. The molecule has 1 fully saturated rings. The average Bonchev–Trinajstić information content (AvgIpc) is 2.87. The summed E-state index contributed by atoms with van der Waals surface area (Å²) in [6.07, 6.45) is 0.996. The van der Waals surface area contributed by atoms with Crippen LogP contribution < -0.4 is 15.0 Å². The van der Waals surface area contributed by atoms with Gasteiger partial charge in [-0.2, -0.15) is 0 Å². The fourth-order valence-electron chi connectivity index (χ4n) is 2.29. The maximum atomic E-state index is 11.7. The zero-order chi connectivity index (χ0) is 13.8. The van der Waals surface area contributed by atoms with Crippen molar-refractivity contribution >= 4 is 11.6 Å². The third-order valence-electron chi connectivity index (χ3n) is 3.48. The van der Waals surface area contributed by atoms with Crippen molar-refractivity contribution in [2.45, 2.75) is 26.3 Å². The number of amides is 1. The summed E-state index contributed by atoms with van der Waals surface area (Å²) >= 11 is 0. The molecular formula is C15H22N2O2. The first-order chi connectivity index (χ1) is 9.10. The van der Waals surface area contributed by atoms with Crippen molar-refractivity contribution in [1.82, 2.24) is 5.32 Å². The van der Waals surface area contributed by atoms with E-state index in [1.165, 1.54) is 0 Å². The van der Waals surface area contributed by atoms with E-state index in [1.54, 1.807) is 7.11 Å². The van der Waals surface area contributed by atoms with E-state index in [9.17, 15) is 4.79 Å². The molecule has 1 saturated heterocycles. The van der Waals surface area contributed by atoms with Gasteiger partial charge in [0.25, 0.3) is 0 Å². The van der Waals surface area contributed by atoms with E-state index < -0.39 is 0 Å². The second kappa shape index (κ2) is 5.95. The predicted molar refractivity (Wildman–Crippen MR) is 76.6 cm³/mol. The Hall–Kier alpha value is -1.71. The molecule has 1 atom stereocenters. The summed E-state index contributed by atoms with van der Waals surface area (Å²) in [4.78, 5) is 14.0. The summed E-state index contributed by atoms with van der Waals surface area (Å²) < 4.78 is 5.24. The number of ether oxygens (including phenoxy) is 1. The highest BCUT2D eigenvalue weighted by Gasteiger charge is 2.24. The maximum absolute atomic E-state index is 11.7. The lowest BCUT2D eigenvalue weighted by Gasteiger charge is -2.20. The van der Waals surface area contributed by atoms with Crippen LogP contribution in [0.5, 0.6) is 5.75 Å². The molecule has 0 bridgehead atoms. The third kappa shape index (κ3) is 3.40. The monoisotopic (exact) mass is 262 g/mol. The number of anilines is 1. The molecule has 1 aromatic rings. The minimum Gasteiger partial charge on any atom is -0.497 e. The van der Waals surface area contributed by atoms with E-state index in [0.717, 1.165) is 30.9 Å². The van der Waals surface area contributed by atoms with Crippen molar-refractivity contribution in [3.63, 3.8) is 0 Å². The molecule has 2 rings (SSSR count). The Balaban J connectivity index is 1.96. The number of hydrogen-bond acceptors (Lipinski definition) is 3. The van der Waals surface area contributed by atoms with Crippen LogP contribution in [0.4, 0.5) is 5.69 Å². The zero-order valence-corrected chi connectivity index (χ0v) is 11.8. The van der Waals surface area contributed by atoms with Gasteiger partial charge in [0.15, 0.2) is 0 Å². The van der Waals surface area contributed by atoms with Crippen LogP contribution in [-0.2, 0) is 4.79 Å². The van der Waals surface area contributed by atoms with E-state index in [2.05, 4.69) is 16.3 Å². The Morgan fingerprint density at radius 2 is 2.26 bits per heavy atom. The van der Waals surface area contributed by atoms with Crippen LogP contribution in [0, 0.1) is 5.92 Å². The number of methoxy groups -OCH3 is 1. The second-order valence-corrected chi connectivity index (χ2v) is 5.30. The molecule has 0 aromatic heterocycles. The summed E-state index contributed by atoms with van der Waals surface area (Å²) in [7, 11) is 1.68. The smallest absolute Gasteiger partial charge is 0.222 e. The minimum atomic E-state index is 0.0471. The van der Waals surface area contributed by atoms with Gasteiger partial charge in [-0.15, -0.1) is 0 Å². The second-order valence-electron chi connectivity index (χ2n) is 5.30. The third-order valence-corrected chi connectivity index (χ3v) is 3.48. The number of nitrogens with one attached hydrogen (secondary N) is 1. The number of hydrogen-bond donors (Lipinski definition) is 1. The van der Waals surface area contributed by atoms with Gasteiger partial charge < -0.3 is 15.0 Å². The Kier molecular flexibility index (Phi) is 4.30. The van der Waals surface area contributed by atoms with Crippen LogP contribution in [0.3, 0.4) is 0 Å². The van der Waals surface area contributed by atoms with Gasteiger partial charge in [-0.05, 0) is 18.6 Å². The lowest BCUT2D eigenvalue weighted by molar-refractivity contribution is -0.124. The van der Waals surface area contributed by atoms with Gasteiger partial charge in [0, 0.05) is 36.8 Å². The first kappa shape index (κ1) is 13.7. The van der Waals surface area contributed by atoms with Gasteiger partial charge in [-0.1, -0.05) is 19.9 Å². The number of carbonyl (C=O) groups excluding carboxylic acids is 1. The van der Waals surface area contributed by atoms with Gasteiger partial charge in [0.1, 0.15) is 5.75 Å². The van der Waals surface area contributed by atoms with Crippen LogP contribution in [0.1, 0.15) is 20.3 Å². The number of rotatable bonds is 4. The molecule has 0 spiro atoms. The molecular weight excluding hydrogens is 240 g/mol. The van der Waals surface area contributed by atoms with E-state index in [0.29, 0.717) is 0 Å². The van der Waals surface area contributed by atoms with Gasteiger partial charge in [0.2, 0.25) is 5.91 Å². The van der Waals surface area contributed by atoms with Crippen LogP contribution >= 0.6 is 0 Å². The Labute approximate surface area is 114 Å². The molecule has 0 aliphatic carbocycles. The molecule has 4 nitrogen and oxygen atoms in total. The summed E-state index contributed by atoms with van der Waals surface area (Å²) in [6.45, 7) is 5.68. The number of benzene rings is 1. The van der Waals surface area contributed by atoms with Crippen LogP contribution in [0.2, 0.25) is 0 Å². The van der Waals surface area contributed by atoms with E-state index in [4.69, 9.17) is 4.74 Å². The molecule has 0 unspecified atom stereocenters. The maximum Gasteiger partial charge on any atom is 0.222 e. The average molecular weight is 262 g/mol. The molecule has 1 aliphatic rings. The highest BCUT2D eigenvalue weighted by atomic mass is 16.5. The normalized spacial score (nSPS) is 18.7. The molecule has 1 N–H and O–H groups in total. The zero-order valence-electron chi connectivity index (χ0n) is 11.8. The van der Waals surface area contributed by atoms with E-state index in [-0.39, 0.29) is 17.9 Å². The summed E-state index contributed by atoms with van der Waals surface area (Å²) in [5, 5.41) is 3.09. The highest BCUT2D eigenvalue weighted by Crippen LogP contribution is 2.24. The van der Waals surface area contributed by atoms with Crippen LogP contribution in [0.15, 0.2) is 24.3 Å². The quantitative estimate of drug-likeness (QED) is 0.903. The number of nitrogens with zero attached hydrogens (tertiary/aromatic N) is 1. The van der Waals surface area contributed by atoms with Crippen LogP contribution in [-0.4, -0.2) is 32.1 Å². The molecule has 1 amide bonds. The van der Waals surface area contributed by atoms with Crippen molar-refractivity contribution in [2.75, 3.05) is 25.1 Å². The summed E-state index contributed by atoms with van der Waals surface area (Å²) in [5.74, 6) is 1.05. The standard InChI is InChI=1S/C15H22N2O2/c1-11(2)15(18)16-12-7-8-17(10-12)13-5-4-6-14(9-13)19-3/h4-6,9,11-12H,7-8,10H2,1-3H3,(H,16,18)/t12-/m0/s1. The molecule has 1 aliphatic heterocycles.